The Hall–Kier alpha value is -1.92. The first-order valence-electron chi connectivity index (χ1n) is 5.74. The van der Waals surface area contributed by atoms with E-state index < -0.39 is 29.7 Å². The summed E-state index contributed by atoms with van der Waals surface area (Å²) >= 11 is 0. The van der Waals surface area contributed by atoms with Crippen molar-refractivity contribution in [3.05, 3.63) is 0 Å². The van der Waals surface area contributed by atoms with Crippen LogP contribution in [0.25, 0.3) is 0 Å². The minimum absolute atomic E-state index is 0.0499. The first kappa shape index (κ1) is 14.1. The molecule has 1 fully saturated rings. The van der Waals surface area contributed by atoms with Gasteiger partial charge in [-0.05, 0) is 13.8 Å². The highest BCUT2D eigenvalue weighted by atomic mass is 16.5. The van der Waals surface area contributed by atoms with Crippen molar-refractivity contribution in [2.24, 2.45) is 0 Å². The van der Waals surface area contributed by atoms with E-state index in [-0.39, 0.29) is 26.0 Å². The second-order valence-electron chi connectivity index (χ2n) is 3.92. The molecule has 1 atom stereocenters. The van der Waals surface area contributed by atoms with Gasteiger partial charge in [0, 0.05) is 6.42 Å². The Morgan fingerprint density at radius 2 is 2.06 bits per heavy atom. The Morgan fingerprint density at radius 3 is 2.67 bits per heavy atom. The molecule has 0 saturated carbocycles. The van der Waals surface area contributed by atoms with Crippen LogP contribution >= 0.6 is 0 Å². The van der Waals surface area contributed by atoms with Gasteiger partial charge in [-0.2, -0.15) is 0 Å². The number of ether oxygens (including phenoxy) is 1. The van der Waals surface area contributed by atoms with Crippen LogP contribution in [0.2, 0.25) is 0 Å². The van der Waals surface area contributed by atoms with Gasteiger partial charge in [0.05, 0.1) is 13.0 Å². The second kappa shape index (κ2) is 6.13. The van der Waals surface area contributed by atoms with Gasteiger partial charge < -0.3 is 9.64 Å². The summed E-state index contributed by atoms with van der Waals surface area (Å²) in [6.45, 7) is 3.31. The molecule has 7 nitrogen and oxygen atoms in total. The predicted molar refractivity (Wildman–Crippen MR) is 60.2 cm³/mol. The van der Waals surface area contributed by atoms with Gasteiger partial charge in [0.15, 0.2) is 0 Å². The first-order valence-corrected chi connectivity index (χ1v) is 5.74. The van der Waals surface area contributed by atoms with Gasteiger partial charge in [0.2, 0.25) is 17.7 Å². The molecule has 1 aliphatic rings. The topological polar surface area (TPSA) is 92.8 Å². The molecule has 0 aromatic heterocycles. The van der Waals surface area contributed by atoms with Gasteiger partial charge >= 0.3 is 5.97 Å². The molecule has 0 aromatic carbocycles. The maximum absolute atomic E-state index is 11.8. The summed E-state index contributed by atoms with van der Waals surface area (Å²) in [5.41, 5.74) is 0. The molecular formula is C11H16N2O5. The highest BCUT2D eigenvalue weighted by Crippen LogP contribution is 2.08. The zero-order valence-electron chi connectivity index (χ0n) is 10.4. The molecule has 0 aliphatic carbocycles. The molecule has 7 heteroatoms. The van der Waals surface area contributed by atoms with Crippen molar-refractivity contribution in [1.82, 2.24) is 10.2 Å². The average Bonchev–Trinajstić information content (AvgIpc) is 2.31. The van der Waals surface area contributed by atoms with Gasteiger partial charge in [0.1, 0.15) is 12.6 Å². The second-order valence-corrected chi connectivity index (χ2v) is 3.92. The lowest BCUT2D eigenvalue weighted by Crippen LogP contribution is -2.58. The standard InChI is InChI=1S/C11H16N2O5/c1-3-18-10(16)5-4-9(15)13-6-8(14)12-11(17)7(13)2/h7H,3-6H2,1-2H3,(H,12,14,17). The number of amides is 3. The van der Waals surface area contributed by atoms with Crippen LogP contribution in [0.3, 0.4) is 0 Å². The van der Waals surface area contributed by atoms with Crippen LogP contribution in [0.15, 0.2) is 0 Å². The van der Waals surface area contributed by atoms with Crippen LogP contribution in [0, 0.1) is 0 Å². The quantitative estimate of drug-likeness (QED) is 0.525. The minimum atomic E-state index is -0.697. The highest BCUT2D eigenvalue weighted by molar-refractivity contribution is 6.04. The van der Waals surface area contributed by atoms with Crippen LogP contribution in [0.4, 0.5) is 0 Å². The number of rotatable bonds is 4. The SMILES string of the molecule is CCOC(=O)CCC(=O)N1CC(=O)NC(=O)C1C. The average molecular weight is 256 g/mol. The number of piperazine rings is 1. The van der Waals surface area contributed by atoms with E-state index in [1.165, 1.54) is 11.8 Å². The van der Waals surface area contributed by atoms with Gasteiger partial charge in [-0.1, -0.05) is 0 Å². The molecule has 1 heterocycles. The predicted octanol–water partition coefficient (Wildman–Crippen LogP) is -0.797. The Bertz CT molecular complexity index is 380. The molecule has 1 saturated heterocycles. The normalized spacial score (nSPS) is 19.4. The summed E-state index contributed by atoms with van der Waals surface area (Å²) in [5.74, 6) is -1.89. The van der Waals surface area contributed by atoms with Crippen molar-refractivity contribution in [2.45, 2.75) is 32.7 Å². The van der Waals surface area contributed by atoms with Crippen LogP contribution in [0.1, 0.15) is 26.7 Å². The number of nitrogens with one attached hydrogen (secondary N) is 1. The van der Waals surface area contributed by atoms with E-state index in [1.54, 1.807) is 6.92 Å². The monoisotopic (exact) mass is 256 g/mol. The maximum Gasteiger partial charge on any atom is 0.306 e. The van der Waals surface area contributed by atoms with Gasteiger partial charge in [-0.25, -0.2) is 0 Å². The first-order chi connectivity index (χ1) is 8.45. The number of nitrogens with zero attached hydrogens (tertiary/aromatic N) is 1. The molecule has 100 valence electrons. The van der Waals surface area contributed by atoms with E-state index in [4.69, 9.17) is 4.74 Å². The van der Waals surface area contributed by atoms with E-state index in [1.807, 2.05) is 0 Å². The Labute approximate surface area is 104 Å². The van der Waals surface area contributed by atoms with Gasteiger partial charge in [-0.15, -0.1) is 0 Å². The number of hydrogen-bond donors (Lipinski definition) is 1. The smallest absolute Gasteiger partial charge is 0.306 e. The summed E-state index contributed by atoms with van der Waals surface area (Å²) < 4.78 is 4.69. The third-order valence-electron chi connectivity index (χ3n) is 2.59. The zero-order chi connectivity index (χ0) is 13.7. The molecule has 3 amide bonds. The number of hydrogen-bond acceptors (Lipinski definition) is 5. The summed E-state index contributed by atoms with van der Waals surface area (Å²) in [5, 5.41) is 2.14. The van der Waals surface area contributed by atoms with Crippen LogP contribution in [-0.4, -0.2) is 47.8 Å². The molecule has 1 unspecified atom stereocenters. The summed E-state index contributed by atoms with van der Waals surface area (Å²) in [4.78, 5) is 46.6. The number of carbonyl (C=O) groups excluding carboxylic acids is 4. The third kappa shape index (κ3) is 3.54. The Balaban J connectivity index is 2.52. The van der Waals surface area contributed by atoms with E-state index in [9.17, 15) is 19.2 Å². The van der Waals surface area contributed by atoms with Crippen molar-refractivity contribution in [3.8, 4) is 0 Å². The van der Waals surface area contributed by atoms with Crippen molar-refractivity contribution in [2.75, 3.05) is 13.2 Å². The minimum Gasteiger partial charge on any atom is -0.466 e. The lowest BCUT2D eigenvalue weighted by molar-refractivity contribution is -0.151. The molecule has 1 N–H and O–H groups in total. The van der Waals surface area contributed by atoms with E-state index in [0.29, 0.717) is 0 Å². The molecule has 0 bridgehead atoms. The van der Waals surface area contributed by atoms with Gasteiger partial charge in [0.25, 0.3) is 0 Å². The van der Waals surface area contributed by atoms with E-state index in [2.05, 4.69) is 5.32 Å². The van der Waals surface area contributed by atoms with E-state index in [0.717, 1.165) is 0 Å². The lowest BCUT2D eigenvalue weighted by atomic mass is 10.1. The fourth-order valence-corrected chi connectivity index (χ4v) is 1.60. The molecule has 0 radical (unpaired) electrons. The summed E-state index contributed by atoms with van der Waals surface area (Å²) in [6.07, 6.45) is -0.116. The molecule has 1 rings (SSSR count). The fraction of sp³-hybridized carbons (Fsp3) is 0.636. The third-order valence-corrected chi connectivity index (χ3v) is 2.59. The molecule has 18 heavy (non-hydrogen) atoms. The van der Waals surface area contributed by atoms with Crippen molar-refractivity contribution >= 4 is 23.7 Å². The molecule has 1 aliphatic heterocycles. The maximum atomic E-state index is 11.8. The van der Waals surface area contributed by atoms with Crippen molar-refractivity contribution < 1.29 is 23.9 Å². The van der Waals surface area contributed by atoms with E-state index >= 15 is 0 Å². The summed E-state index contributed by atoms with van der Waals surface area (Å²) in [6, 6.07) is -0.697. The number of carbonyl (C=O) groups is 4. The fourth-order valence-electron chi connectivity index (χ4n) is 1.60. The molecule has 0 spiro atoms. The van der Waals surface area contributed by atoms with Crippen LogP contribution < -0.4 is 5.32 Å². The van der Waals surface area contributed by atoms with Crippen LogP contribution in [0.5, 0.6) is 0 Å². The van der Waals surface area contributed by atoms with Crippen LogP contribution in [-0.2, 0) is 23.9 Å². The summed E-state index contributed by atoms with van der Waals surface area (Å²) in [7, 11) is 0. The zero-order valence-corrected chi connectivity index (χ0v) is 10.4. The highest BCUT2D eigenvalue weighted by Gasteiger charge is 2.33. The molecular weight excluding hydrogens is 240 g/mol. The Morgan fingerprint density at radius 1 is 1.39 bits per heavy atom. The van der Waals surface area contributed by atoms with Crippen molar-refractivity contribution in [3.63, 3.8) is 0 Å². The van der Waals surface area contributed by atoms with Gasteiger partial charge in [-0.3, -0.25) is 24.5 Å². The van der Waals surface area contributed by atoms with Crippen molar-refractivity contribution in [1.29, 1.82) is 0 Å². The molecule has 0 aromatic rings. The largest absolute Gasteiger partial charge is 0.466 e. The number of imide groups is 1. The lowest BCUT2D eigenvalue weighted by Gasteiger charge is -2.31. The number of esters is 1. The Kier molecular flexibility index (Phi) is 4.82.